The van der Waals surface area contributed by atoms with Gasteiger partial charge in [0.05, 0.1) is 27.8 Å². The number of amidine groups is 1. The molecule has 0 saturated heterocycles. The standard InChI is InChI=1S/C59H37N5O/c60-58(42-21-14-20-39(33-42)37-15-2-1-3-16-37)62-59(64-49-26-11-8-23-44(49)45-24-9-12-27-50(45)64)61-36-48-51(31-32-55-57(48)46-25-10-13-28-54(46)65-55)63-52-30-29-38-17-6-7-22-43(38)56(52)47-34-40-18-4-5-19-41(40)35-53(47)63/h1-36,60H/b60-58?,61-36+,62-59?. The summed E-state index contributed by atoms with van der Waals surface area (Å²) >= 11 is 0. The van der Waals surface area contributed by atoms with E-state index in [9.17, 15) is 5.41 Å². The molecule has 3 aromatic heterocycles. The first-order valence-corrected chi connectivity index (χ1v) is 21.8. The van der Waals surface area contributed by atoms with Crippen LogP contribution in [0.3, 0.4) is 0 Å². The van der Waals surface area contributed by atoms with E-state index >= 15 is 0 Å². The van der Waals surface area contributed by atoms with Crippen molar-refractivity contribution in [3.8, 4) is 16.8 Å². The second-order valence-corrected chi connectivity index (χ2v) is 16.5. The third kappa shape index (κ3) is 5.85. The summed E-state index contributed by atoms with van der Waals surface area (Å²) in [6.07, 6.45) is 1.94. The molecular formula is C59H37N5O. The van der Waals surface area contributed by atoms with E-state index in [1.165, 1.54) is 26.9 Å². The van der Waals surface area contributed by atoms with Gasteiger partial charge in [-0.15, -0.1) is 0 Å². The predicted octanol–water partition coefficient (Wildman–Crippen LogP) is 15.1. The molecule has 0 spiro atoms. The summed E-state index contributed by atoms with van der Waals surface area (Å²) in [6, 6.07) is 73.7. The van der Waals surface area contributed by atoms with E-state index in [4.69, 9.17) is 14.4 Å². The van der Waals surface area contributed by atoms with E-state index in [1.54, 1.807) is 0 Å². The normalized spacial score (nSPS) is 12.4. The Hall–Kier alpha value is -8.87. The molecule has 6 heteroatoms. The lowest BCUT2D eigenvalue weighted by molar-refractivity contribution is 0.669. The Bertz CT molecular complexity index is 4090. The van der Waals surface area contributed by atoms with Crippen molar-refractivity contribution in [2.45, 2.75) is 0 Å². The second kappa shape index (κ2) is 14.6. The molecule has 13 rings (SSSR count). The number of aromatic nitrogens is 2. The van der Waals surface area contributed by atoms with Crippen LogP contribution in [0.4, 0.5) is 0 Å². The van der Waals surface area contributed by atoms with E-state index in [-0.39, 0.29) is 5.84 Å². The average Bonchev–Trinajstić information content (AvgIpc) is 4.02. The number of hydrogen-bond acceptors (Lipinski definition) is 2. The van der Waals surface area contributed by atoms with Crippen molar-refractivity contribution in [2.75, 3.05) is 0 Å². The highest BCUT2D eigenvalue weighted by Gasteiger charge is 2.22. The van der Waals surface area contributed by atoms with Gasteiger partial charge in [-0.3, -0.25) is 9.98 Å². The summed E-state index contributed by atoms with van der Waals surface area (Å²) in [4.78, 5) is 10.6. The molecule has 0 aliphatic carbocycles. The summed E-state index contributed by atoms with van der Waals surface area (Å²) < 4.78 is 11.1. The predicted molar refractivity (Wildman–Crippen MR) is 272 cm³/mol. The number of hydrogen-bond donors (Lipinski definition) is 1. The number of fused-ring (bicyclic) bond motifs is 12. The van der Waals surface area contributed by atoms with Crippen LogP contribution in [0, 0.1) is 5.41 Å². The summed E-state index contributed by atoms with van der Waals surface area (Å²) in [5, 5.41) is 20.8. The minimum Gasteiger partial charge on any atom is -0.456 e. The van der Waals surface area contributed by atoms with E-state index in [1.807, 2.05) is 66.9 Å². The first-order chi connectivity index (χ1) is 32.2. The minimum atomic E-state index is 0.102. The van der Waals surface area contributed by atoms with Crippen molar-refractivity contribution in [2.24, 2.45) is 9.98 Å². The number of furan rings is 1. The molecule has 3 heterocycles. The van der Waals surface area contributed by atoms with Crippen LogP contribution in [-0.2, 0) is 0 Å². The molecule has 304 valence electrons. The number of benzene rings is 10. The zero-order valence-corrected chi connectivity index (χ0v) is 35.0. The Labute approximate surface area is 372 Å². The maximum atomic E-state index is 9.61. The summed E-state index contributed by atoms with van der Waals surface area (Å²) in [5.74, 6) is 0.470. The summed E-state index contributed by atoms with van der Waals surface area (Å²) in [5.41, 5.74) is 10.2. The van der Waals surface area contributed by atoms with Crippen molar-refractivity contribution in [1.82, 2.24) is 9.13 Å². The maximum Gasteiger partial charge on any atom is 0.236 e. The van der Waals surface area contributed by atoms with Gasteiger partial charge in [-0.25, -0.2) is 4.99 Å². The molecule has 13 aromatic rings. The van der Waals surface area contributed by atoms with E-state index < -0.39 is 0 Å². The highest BCUT2D eigenvalue weighted by molar-refractivity contribution is 6.25. The Balaban J connectivity index is 1.10. The zero-order valence-electron chi connectivity index (χ0n) is 35.0. The molecule has 0 atom stereocenters. The average molecular weight is 832 g/mol. The second-order valence-electron chi connectivity index (χ2n) is 16.5. The van der Waals surface area contributed by atoms with Gasteiger partial charge in [-0.05, 0) is 87.3 Å². The van der Waals surface area contributed by atoms with Crippen LogP contribution in [0.5, 0.6) is 0 Å². The lowest BCUT2D eigenvalue weighted by atomic mass is 10.0. The molecule has 0 amide bonds. The Morgan fingerprint density at radius 1 is 0.446 bits per heavy atom. The summed E-state index contributed by atoms with van der Waals surface area (Å²) in [6.45, 7) is 0. The third-order valence-electron chi connectivity index (χ3n) is 12.9. The highest BCUT2D eigenvalue weighted by Crippen LogP contribution is 2.42. The summed E-state index contributed by atoms with van der Waals surface area (Å²) in [7, 11) is 0. The number of para-hydroxylation sites is 3. The van der Waals surface area contributed by atoms with Gasteiger partial charge in [-0.1, -0.05) is 158 Å². The van der Waals surface area contributed by atoms with Crippen LogP contribution in [0.2, 0.25) is 0 Å². The molecule has 0 aliphatic heterocycles. The molecule has 0 radical (unpaired) electrons. The number of nitrogens with one attached hydrogen (secondary N) is 1. The molecule has 10 aromatic carbocycles. The smallest absolute Gasteiger partial charge is 0.236 e. The highest BCUT2D eigenvalue weighted by atomic mass is 16.3. The van der Waals surface area contributed by atoms with Gasteiger partial charge in [0, 0.05) is 49.7 Å². The monoisotopic (exact) mass is 831 g/mol. The van der Waals surface area contributed by atoms with Gasteiger partial charge in [0.15, 0.2) is 5.84 Å². The Morgan fingerprint density at radius 3 is 1.88 bits per heavy atom. The van der Waals surface area contributed by atoms with E-state index in [0.717, 1.165) is 82.5 Å². The lowest BCUT2D eigenvalue weighted by Gasteiger charge is -2.14. The van der Waals surface area contributed by atoms with Crippen LogP contribution in [0.15, 0.2) is 227 Å². The first-order valence-electron chi connectivity index (χ1n) is 21.8. The van der Waals surface area contributed by atoms with Gasteiger partial charge < -0.3 is 8.98 Å². The number of aliphatic imine (C=N–C) groups is 2. The molecule has 0 bridgehead atoms. The maximum absolute atomic E-state index is 9.61. The number of rotatable bonds is 4. The van der Waals surface area contributed by atoms with E-state index in [0.29, 0.717) is 11.5 Å². The fourth-order valence-electron chi connectivity index (χ4n) is 9.93. The molecule has 6 nitrogen and oxygen atoms in total. The van der Waals surface area contributed by atoms with Crippen LogP contribution < -0.4 is 0 Å². The fourth-order valence-corrected chi connectivity index (χ4v) is 9.93. The molecule has 0 saturated carbocycles. The minimum absolute atomic E-state index is 0.102. The topological polar surface area (TPSA) is 71.6 Å². The molecule has 1 N–H and O–H groups in total. The molecule has 0 fully saturated rings. The zero-order chi connectivity index (χ0) is 43.0. The fraction of sp³-hybridized carbons (Fsp3) is 0. The first kappa shape index (κ1) is 36.8. The quantitative estimate of drug-likeness (QED) is 0.139. The SMILES string of the molecule is N=C(N=C(/N=C/c1c(-n2c3cc4ccccc4cc3c3c4ccccc4ccc32)ccc2oc3ccccc3c12)n1c2ccccc2c2ccccc21)c1cccc(-c2ccccc2)c1. The van der Waals surface area contributed by atoms with Crippen molar-refractivity contribution in [1.29, 1.82) is 5.41 Å². The Morgan fingerprint density at radius 2 is 1.09 bits per heavy atom. The van der Waals surface area contributed by atoms with Crippen molar-refractivity contribution >= 4 is 105 Å². The van der Waals surface area contributed by atoms with Crippen LogP contribution in [0.1, 0.15) is 11.1 Å². The van der Waals surface area contributed by atoms with Gasteiger partial charge >= 0.3 is 0 Å². The molecule has 65 heavy (non-hydrogen) atoms. The van der Waals surface area contributed by atoms with Gasteiger partial charge in [0.25, 0.3) is 0 Å². The molecule has 0 unspecified atom stereocenters. The molecule has 0 aliphatic rings. The Kier molecular flexibility index (Phi) is 8.26. The lowest BCUT2D eigenvalue weighted by Crippen LogP contribution is -2.13. The van der Waals surface area contributed by atoms with Crippen molar-refractivity contribution < 1.29 is 4.42 Å². The third-order valence-corrected chi connectivity index (χ3v) is 12.9. The van der Waals surface area contributed by atoms with Crippen molar-refractivity contribution in [3.63, 3.8) is 0 Å². The number of nitrogens with zero attached hydrogens (tertiary/aromatic N) is 4. The molecular weight excluding hydrogens is 795 g/mol. The van der Waals surface area contributed by atoms with Crippen LogP contribution in [-0.4, -0.2) is 27.1 Å². The van der Waals surface area contributed by atoms with Crippen LogP contribution >= 0.6 is 0 Å². The van der Waals surface area contributed by atoms with Gasteiger partial charge in [0.1, 0.15) is 11.2 Å². The van der Waals surface area contributed by atoms with Gasteiger partial charge in [-0.2, -0.15) is 4.99 Å². The largest absolute Gasteiger partial charge is 0.456 e. The van der Waals surface area contributed by atoms with Crippen LogP contribution in [0.25, 0.3) is 104 Å². The van der Waals surface area contributed by atoms with Crippen molar-refractivity contribution in [3.05, 3.63) is 223 Å². The van der Waals surface area contributed by atoms with E-state index in [2.05, 4.69) is 161 Å². The van der Waals surface area contributed by atoms with Gasteiger partial charge in [0.2, 0.25) is 5.96 Å².